The smallest absolute Gasteiger partial charge is 0.305 e. The second-order valence-electron chi connectivity index (χ2n) is 10.8. The molecule has 4 aliphatic rings. The molecule has 4 rings (SSSR count). The Morgan fingerprint density at radius 2 is 1.93 bits per heavy atom. The molecule has 0 radical (unpaired) electrons. The van der Waals surface area contributed by atoms with E-state index in [1.807, 2.05) is 6.08 Å². The summed E-state index contributed by atoms with van der Waals surface area (Å²) in [6.45, 7) is 7.40. The van der Waals surface area contributed by atoms with Crippen LogP contribution in [0.25, 0.3) is 0 Å². The third-order valence-electron chi connectivity index (χ3n) is 9.75. The normalized spacial score (nSPS) is 43.4. The Morgan fingerprint density at radius 1 is 1.14 bits per heavy atom. The monoisotopic (exact) mass is 386 g/mol. The Kier molecular flexibility index (Phi) is 5.25. The lowest BCUT2D eigenvalue weighted by Crippen LogP contribution is -2.51. The van der Waals surface area contributed by atoms with Crippen LogP contribution in [0.3, 0.4) is 0 Å². The highest BCUT2D eigenvalue weighted by Gasteiger charge is 2.59. The number of carbonyl (C=O) groups excluding carboxylic acids is 2. The van der Waals surface area contributed by atoms with Crippen molar-refractivity contribution in [2.24, 2.45) is 40.4 Å². The Morgan fingerprint density at radius 3 is 2.68 bits per heavy atom. The van der Waals surface area contributed by atoms with E-state index >= 15 is 0 Å². The standard InChI is InChI=1S/C25H38O3/c1-16(5-10-23(27)28-4)20-8-9-21-19-7-6-17-15-18(26)11-13-24(17,2)22(19)12-14-25(20,21)3/h15-16,19-22H,5-14H2,1-4H3/t16-,19?,20?,21?,22?,24?,25?/m1/s1. The third-order valence-corrected chi connectivity index (χ3v) is 9.75. The Labute approximate surface area is 170 Å². The largest absolute Gasteiger partial charge is 0.469 e. The van der Waals surface area contributed by atoms with Gasteiger partial charge in [0.2, 0.25) is 0 Å². The van der Waals surface area contributed by atoms with Gasteiger partial charge in [0.1, 0.15) is 0 Å². The zero-order valence-corrected chi connectivity index (χ0v) is 18.3. The van der Waals surface area contributed by atoms with Crippen LogP contribution in [0.4, 0.5) is 0 Å². The summed E-state index contributed by atoms with van der Waals surface area (Å²) in [5, 5.41) is 0. The summed E-state index contributed by atoms with van der Waals surface area (Å²) in [7, 11) is 1.49. The maximum Gasteiger partial charge on any atom is 0.305 e. The van der Waals surface area contributed by atoms with Gasteiger partial charge in [-0.1, -0.05) is 26.3 Å². The minimum Gasteiger partial charge on any atom is -0.469 e. The van der Waals surface area contributed by atoms with Crippen molar-refractivity contribution in [3.05, 3.63) is 11.6 Å². The zero-order chi connectivity index (χ0) is 20.1. The minimum atomic E-state index is -0.0679. The highest BCUT2D eigenvalue weighted by atomic mass is 16.5. The molecule has 6 unspecified atom stereocenters. The van der Waals surface area contributed by atoms with Crippen LogP contribution < -0.4 is 0 Å². The quantitative estimate of drug-likeness (QED) is 0.580. The first-order chi connectivity index (χ1) is 13.3. The number of hydrogen-bond donors (Lipinski definition) is 0. The third kappa shape index (κ3) is 3.08. The molecule has 4 aliphatic carbocycles. The maximum atomic E-state index is 12.0. The molecular weight excluding hydrogens is 348 g/mol. The molecule has 0 aliphatic heterocycles. The van der Waals surface area contributed by atoms with E-state index in [1.165, 1.54) is 44.8 Å². The van der Waals surface area contributed by atoms with E-state index in [4.69, 9.17) is 4.74 Å². The molecule has 0 aromatic carbocycles. The van der Waals surface area contributed by atoms with Gasteiger partial charge in [-0.15, -0.1) is 0 Å². The van der Waals surface area contributed by atoms with Crippen molar-refractivity contribution in [2.75, 3.05) is 7.11 Å². The van der Waals surface area contributed by atoms with Crippen molar-refractivity contribution in [3.8, 4) is 0 Å². The molecular formula is C25H38O3. The van der Waals surface area contributed by atoms with E-state index in [2.05, 4.69) is 20.8 Å². The van der Waals surface area contributed by atoms with Gasteiger partial charge in [-0.3, -0.25) is 9.59 Å². The van der Waals surface area contributed by atoms with E-state index in [9.17, 15) is 9.59 Å². The lowest BCUT2D eigenvalue weighted by Gasteiger charge is -2.58. The molecule has 3 saturated carbocycles. The van der Waals surface area contributed by atoms with E-state index in [0.29, 0.717) is 23.5 Å². The van der Waals surface area contributed by atoms with Crippen molar-refractivity contribution in [2.45, 2.75) is 85.0 Å². The van der Waals surface area contributed by atoms with Gasteiger partial charge in [0, 0.05) is 12.8 Å². The predicted octanol–water partition coefficient (Wildman–Crippen LogP) is 5.72. The predicted molar refractivity (Wildman–Crippen MR) is 111 cm³/mol. The molecule has 3 heteroatoms. The Bertz CT molecular complexity index is 679. The van der Waals surface area contributed by atoms with Crippen molar-refractivity contribution >= 4 is 11.8 Å². The number of esters is 1. The Balaban J connectivity index is 1.51. The first kappa shape index (κ1) is 20.2. The van der Waals surface area contributed by atoms with Gasteiger partial charge < -0.3 is 4.74 Å². The van der Waals surface area contributed by atoms with Gasteiger partial charge >= 0.3 is 5.97 Å². The van der Waals surface area contributed by atoms with E-state index in [1.54, 1.807) is 0 Å². The molecule has 0 aromatic heterocycles. The van der Waals surface area contributed by atoms with Crippen molar-refractivity contribution in [3.63, 3.8) is 0 Å². The van der Waals surface area contributed by atoms with Gasteiger partial charge in [0.05, 0.1) is 7.11 Å². The molecule has 0 bridgehead atoms. The number of ether oxygens (including phenoxy) is 1. The second-order valence-corrected chi connectivity index (χ2v) is 10.8. The molecule has 0 N–H and O–H groups in total. The number of hydrogen-bond acceptors (Lipinski definition) is 3. The lowest BCUT2D eigenvalue weighted by atomic mass is 9.46. The van der Waals surface area contributed by atoms with Crippen LogP contribution >= 0.6 is 0 Å². The molecule has 28 heavy (non-hydrogen) atoms. The fraction of sp³-hybridized carbons (Fsp3) is 0.840. The number of fused-ring (bicyclic) bond motifs is 5. The Hall–Kier alpha value is -1.12. The molecule has 0 amide bonds. The van der Waals surface area contributed by atoms with E-state index in [0.717, 1.165) is 49.4 Å². The number of allylic oxidation sites excluding steroid dienone is 1. The number of rotatable bonds is 4. The summed E-state index contributed by atoms with van der Waals surface area (Å²) in [5.41, 5.74) is 2.17. The van der Waals surface area contributed by atoms with Crippen molar-refractivity contribution in [1.29, 1.82) is 0 Å². The lowest BCUT2D eigenvalue weighted by molar-refractivity contribution is -0.141. The highest BCUT2D eigenvalue weighted by molar-refractivity contribution is 5.91. The fourth-order valence-corrected chi connectivity index (χ4v) is 8.18. The topological polar surface area (TPSA) is 43.4 Å². The summed E-state index contributed by atoms with van der Waals surface area (Å²) in [6, 6.07) is 0. The van der Waals surface area contributed by atoms with Gasteiger partial charge in [0.25, 0.3) is 0 Å². The summed E-state index contributed by atoms with van der Waals surface area (Å²) < 4.78 is 4.87. The van der Waals surface area contributed by atoms with E-state index < -0.39 is 0 Å². The van der Waals surface area contributed by atoms with Gasteiger partial charge in [-0.05, 0) is 97.9 Å². The van der Waals surface area contributed by atoms with Crippen LogP contribution in [0.2, 0.25) is 0 Å². The molecule has 3 fully saturated rings. The van der Waals surface area contributed by atoms with Crippen LogP contribution in [0, 0.1) is 40.4 Å². The van der Waals surface area contributed by atoms with Crippen LogP contribution in [-0.2, 0) is 14.3 Å². The molecule has 0 saturated heterocycles. The highest BCUT2D eigenvalue weighted by Crippen LogP contribution is 2.67. The summed E-state index contributed by atoms with van der Waals surface area (Å²) in [5.74, 6) is 4.03. The number of ketones is 1. The molecule has 0 spiro atoms. The average Bonchev–Trinajstić information content (AvgIpc) is 3.03. The van der Waals surface area contributed by atoms with Crippen LogP contribution in [-0.4, -0.2) is 18.9 Å². The maximum absolute atomic E-state index is 12.0. The van der Waals surface area contributed by atoms with Gasteiger partial charge in [-0.25, -0.2) is 0 Å². The van der Waals surface area contributed by atoms with Gasteiger partial charge in [0.15, 0.2) is 5.78 Å². The molecule has 156 valence electrons. The first-order valence-corrected chi connectivity index (χ1v) is 11.6. The second kappa shape index (κ2) is 7.29. The van der Waals surface area contributed by atoms with Crippen LogP contribution in [0.5, 0.6) is 0 Å². The van der Waals surface area contributed by atoms with Crippen LogP contribution in [0.15, 0.2) is 11.6 Å². The van der Waals surface area contributed by atoms with E-state index in [-0.39, 0.29) is 11.4 Å². The number of methoxy groups -OCH3 is 1. The SMILES string of the molecule is COC(=O)CC[C@@H](C)C1CCC2C3CCC4=CC(=O)CCC4(C)C3CCC21C. The average molecular weight is 387 g/mol. The zero-order valence-electron chi connectivity index (χ0n) is 18.3. The summed E-state index contributed by atoms with van der Waals surface area (Å²) in [6.07, 6.45) is 13.1. The van der Waals surface area contributed by atoms with Crippen LogP contribution in [0.1, 0.15) is 85.0 Å². The fourth-order valence-electron chi connectivity index (χ4n) is 8.18. The molecule has 7 atom stereocenters. The van der Waals surface area contributed by atoms with Crippen molar-refractivity contribution in [1.82, 2.24) is 0 Å². The minimum absolute atomic E-state index is 0.0679. The number of carbonyl (C=O) groups is 2. The van der Waals surface area contributed by atoms with Crippen molar-refractivity contribution < 1.29 is 14.3 Å². The summed E-state index contributed by atoms with van der Waals surface area (Å²) >= 11 is 0. The van der Waals surface area contributed by atoms with Gasteiger partial charge in [-0.2, -0.15) is 0 Å². The molecule has 3 nitrogen and oxygen atoms in total. The molecule has 0 aromatic rings. The molecule has 0 heterocycles. The first-order valence-electron chi connectivity index (χ1n) is 11.6. The summed E-state index contributed by atoms with van der Waals surface area (Å²) in [4.78, 5) is 23.6.